The molecule has 4 aromatic heterocycles. The summed E-state index contributed by atoms with van der Waals surface area (Å²) >= 11 is 0. The van der Waals surface area contributed by atoms with Crippen LogP contribution in [0.25, 0.3) is 117 Å². The largest absolute Gasteiger partial charge is 0.456 e. The molecule has 12 rings (SSSR count). The van der Waals surface area contributed by atoms with E-state index in [4.69, 9.17) is 25.3 Å². The summed E-state index contributed by atoms with van der Waals surface area (Å²) < 4.78 is 202. The van der Waals surface area contributed by atoms with Crippen LogP contribution in [-0.2, 0) is 0 Å². The SMILES string of the molecule is [2H]c1c([2H])c(-n2c3c([2H])c([2H])c([2H])c([2H])c3c3c4oc5c([2H])c([2H])c([2H])c([2H])c5c4c([2H])c([2H])c32)c([2H])c([2H])c1-c1nc(-c2cccc(-c3ccccc3)c2)nc(-c2c([2H])c([2H])c3c(oc4c([2H])c([2H])c([2H])c([2H])c43)c2[2H])n1. The highest BCUT2D eigenvalue weighted by Gasteiger charge is 2.20. The quantitative estimate of drug-likeness (QED) is 0.175. The summed E-state index contributed by atoms with van der Waals surface area (Å²) in [5.74, 6) is -1.23. The molecule has 0 saturated heterocycles. The van der Waals surface area contributed by atoms with Gasteiger partial charge in [-0.25, -0.2) is 15.0 Å². The molecule has 0 bridgehead atoms. The van der Waals surface area contributed by atoms with E-state index < -0.39 is 178 Å². The van der Waals surface area contributed by atoms with Gasteiger partial charge in [-0.3, -0.25) is 0 Å². The van der Waals surface area contributed by atoms with E-state index in [9.17, 15) is 12.3 Å². The lowest BCUT2D eigenvalue weighted by atomic mass is 10.0. The number of benzene rings is 8. The van der Waals surface area contributed by atoms with Gasteiger partial charge in [-0.05, 0) is 83.7 Å². The summed E-state index contributed by atoms with van der Waals surface area (Å²) in [5.41, 5.74) is -2.48. The molecule has 0 aliphatic heterocycles. The van der Waals surface area contributed by atoms with Crippen LogP contribution in [0.4, 0.5) is 0 Å². The Morgan fingerprint density at radius 3 is 1.82 bits per heavy atom. The zero-order valence-electron chi connectivity index (χ0n) is 49.8. The minimum absolute atomic E-state index is 0.180. The Balaban J connectivity index is 1.17. The Hall–Kier alpha value is -7.83. The third kappa shape index (κ3) is 5.01. The van der Waals surface area contributed by atoms with Gasteiger partial charge >= 0.3 is 0 Å². The summed E-state index contributed by atoms with van der Waals surface area (Å²) in [7, 11) is 0. The predicted molar refractivity (Wildman–Crippen MR) is 230 cm³/mol. The predicted octanol–water partition coefficient (Wildman–Crippen LogP) is 13.4. The van der Waals surface area contributed by atoms with E-state index in [2.05, 4.69) is 15.0 Å². The first-order valence-electron chi connectivity index (χ1n) is 27.8. The van der Waals surface area contributed by atoms with Gasteiger partial charge in [0.15, 0.2) is 17.5 Å². The molecule has 0 spiro atoms. The van der Waals surface area contributed by atoms with Crippen molar-refractivity contribution in [2.45, 2.75) is 0 Å². The number of aromatic nitrogens is 4. The van der Waals surface area contributed by atoms with Crippen LogP contribution >= 0.6 is 0 Å². The number of nitrogens with zero attached hydrogens (tertiary/aromatic N) is 4. The van der Waals surface area contributed by atoms with Crippen LogP contribution in [0, 0.1) is 0 Å². The van der Waals surface area contributed by atoms with Crippen LogP contribution in [-0.4, -0.2) is 19.5 Å². The molecule has 266 valence electrons. The normalized spacial score (nSPS) is 17.0. The second-order valence-electron chi connectivity index (χ2n) is 12.8. The maximum atomic E-state index is 9.66. The average molecular weight is 752 g/mol. The van der Waals surface area contributed by atoms with Crippen molar-refractivity contribution in [2.75, 3.05) is 0 Å². The van der Waals surface area contributed by atoms with Gasteiger partial charge in [-0.1, -0.05) is 109 Å². The van der Waals surface area contributed by atoms with Crippen molar-refractivity contribution in [3.05, 3.63) is 181 Å². The lowest BCUT2D eigenvalue weighted by Gasteiger charge is -2.11. The summed E-state index contributed by atoms with van der Waals surface area (Å²) in [4.78, 5) is 13.9. The lowest BCUT2D eigenvalue weighted by Crippen LogP contribution is -2.01. The van der Waals surface area contributed by atoms with Gasteiger partial charge in [0.05, 0.1) is 45.2 Å². The summed E-state index contributed by atoms with van der Waals surface area (Å²) in [6.07, 6.45) is 0. The summed E-state index contributed by atoms with van der Waals surface area (Å²) in [5, 5.41) is -1.72. The van der Waals surface area contributed by atoms with Crippen molar-refractivity contribution in [1.29, 1.82) is 0 Å². The van der Waals surface area contributed by atoms with Crippen LogP contribution in [0.2, 0.25) is 0 Å². The topological polar surface area (TPSA) is 69.9 Å². The first-order chi connectivity index (χ1) is 37.0. The van der Waals surface area contributed by atoms with Gasteiger partial charge in [0.2, 0.25) is 0 Å². The zero-order valence-corrected chi connectivity index (χ0v) is 28.8. The van der Waals surface area contributed by atoms with Crippen molar-refractivity contribution in [3.63, 3.8) is 0 Å². The average Bonchev–Trinajstić information content (AvgIpc) is 3.76. The van der Waals surface area contributed by atoms with E-state index in [-0.39, 0.29) is 49.3 Å². The molecule has 6 heteroatoms. The van der Waals surface area contributed by atoms with E-state index in [1.54, 1.807) is 24.3 Å². The number of hydrogen-bond acceptors (Lipinski definition) is 5. The second-order valence-corrected chi connectivity index (χ2v) is 12.8. The first kappa shape index (κ1) is 17.3. The van der Waals surface area contributed by atoms with E-state index in [1.807, 2.05) is 30.3 Å². The smallest absolute Gasteiger partial charge is 0.164 e. The number of furan rings is 2. The van der Waals surface area contributed by atoms with E-state index in [0.717, 1.165) is 10.1 Å². The fourth-order valence-corrected chi connectivity index (χ4v) is 6.93. The molecule has 0 N–H and O–H groups in total. The van der Waals surface area contributed by atoms with E-state index in [0.29, 0.717) is 11.1 Å². The minimum atomic E-state index is -0.888. The molecule has 0 unspecified atom stereocenters. The van der Waals surface area contributed by atoms with Crippen molar-refractivity contribution in [1.82, 2.24) is 19.5 Å². The third-order valence-electron chi connectivity index (χ3n) is 9.50. The Kier molecular flexibility index (Phi) is 3.75. The Labute approximate surface area is 355 Å². The fraction of sp³-hybridized carbons (Fsp3) is 0. The molecule has 0 atom stereocenters. The molecule has 6 nitrogen and oxygen atoms in total. The third-order valence-corrected chi connectivity index (χ3v) is 9.50. The van der Waals surface area contributed by atoms with Gasteiger partial charge in [-0.15, -0.1) is 0 Å². The molecule has 0 aliphatic rings. The van der Waals surface area contributed by atoms with E-state index in [1.165, 1.54) is 0 Å². The van der Waals surface area contributed by atoms with Crippen molar-refractivity contribution < 1.29 is 37.6 Å². The minimum Gasteiger partial charge on any atom is -0.456 e. The van der Waals surface area contributed by atoms with Crippen molar-refractivity contribution in [2.24, 2.45) is 0 Å². The van der Waals surface area contributed by atoms with E-state index >= 15 is 0 Å². The number of fused-ring (bicyclic) bond motifs is 10. The molecular weight excluding hydrogens is 701 g/mol. The van der Waals surface area contributed by atoms with Crippen LogP contribution in [0.15, 0.2) is 190 Å². The Morgan fingerprint density at radius 2 is 1.02 bits per heavy atom. The second kappa shape index (κ2) is 12.3. The number of para-hydroxylation sites is 3. The van der Waals surface area contributed by atoms with Crippen LogP contribution in [0.3, 0.4) is 0 Å². The molecule has 0 saturated carbocycles. The molecule has 0 amide bonds. The molecule has 0 fully saturated rings. The fourth-order valence-electron chi connectivity index (χ4n) is 6.93. The van der Waals surface area contributed by atoms with Gasteiger partial charge < -0.3 is 13.4 Å². The lowest BCUT2D eigenvalue weighted by molar-refractivity contribution is 0.669. The summed E-state index contributed by atoms with van der Waals surface area (Å²) in [6, 6.07) is 1.06. The molecule has 0 aliphatic carbocycles. The zero-order chi connectivity index (χ0) is 55.7. The number of hydrogen-bond donors (Lipinski definition) is 0. The van der Waals surface area contributed by atoms with Crippen molar-refractivity contribution in [3.8, 4) is 51.0 Å². The van der Waals surface area contributed by atoms with Crippen LogP contribution in [0.1, 0.15) is 28.8 Å². The maximum Gasteiger partial charge on any atom is 0.164 e. The van der Waals surface area contributed by atoms with Crippen LogP contribution < -0.4 is 0 Å². The van der Waals surface area contributed by atoms with Crippen LogP contribution in [0.5, 0.6) is 0 Å². The highest BCUT2D eigenvalue weighted by atomic mass is 16.3. The van der Waals surface area contributed by atoms with Crippen molar-refractivity contribution >= 4 is 65.7 Å². The monoisotopic (exact) mass is 751 g/mol. The molecule has 0 radical (unpaired) electrons. The Morgan fingerprint density at radius 1 is 0.421 bits per heavy atom. The molecule has 12 aromatic rings. The maximum absolute atomic E-state index is 9.66. The molecular formula is C51H30N4O2. The van der Waals surface area contributed by atoms with Gasteiger partial charge in [0.1, 0.15) is 22.3 Å². The first-order valence-corrected chi connectivity index (χ1v) is 17.3. The highest BCUT2D eigenvalue weighted by molar-refractivity contribution is 6.23. The summed E-state index contributed by atoms with van der Waals surface area (Å²) in [6.45, 7) is 0. The standard InChI is InChI=1S/C51H30N4O2/c1-2-11-31(12-3-1)33-13-10-14-34(29-33)50-52-49(53-51(54-50)35-23-26-39-37-15-5-8-19-44(37)56-46(39)30-35)32-21-24-36(25-22-32)55-42-18-7-4-17-41(42)47-43(55)28-27-40-38-16-6-9-20-45(38)57-48(40)47/h1-30H/i4D,5D,6D,7D,8D,9D,15D,16D,17D,18D,19D,20D,21D,22D,23D,24D,25D,26D,27D,28D,30D. The molecule has 4 heterocycles. The van der Waals surface area contributed by atoms with Gasteiger partial charge in [0.25, 0.3) is 0 Å². The Bertz CT molecular complexity index is 4740. The molecule has 57 heavy (non-hydrogen) atoms. The van der Waals surface area contributed by atoms with Gasteiger partial charge in [-0.2, -0.15) is 0 Å². The molecule has 8 aromatic carbocycles. The number of rotatable bonds is 5. The highest BCUT2D eigenvalue weighted by Crippen LogP contribution is 2.41. The van der Waals surface area contributed by atoms with Gasteiger partial charge in [0, 0.05) is 49.3 Å².